The van der Waals surface area contributed by atoms with E-state index in [9.17, 15) is 9.90 Å². The van der Waals surface area contributed by atoms with Gasteiger partial charge in [-0.3, -0.25) is 14.6 Å². The van der Waals surface area contributed by atoms with Gasteiger partial charge in [-0.25, -0.2) is 4.98 Å². The summed E-state index contributed by atoms with van der Waals surface area (Å²) in [5, 5.41) is 12.0. The Morgan fingerprint density at radius 3 is 2.57 bits per heavy atom. The van der Waals surface area contributed by atoms with E-state index in [2.05, 4.69) is 14.8 Å². The van der Waals surface area contributed by atoms with Gasteiger partial charge in [-0.05, 0) is 24.3 Å². The molecule has 0 spiro atoms. The number of hydrogen-bond acceptors (Lipinski definition) is 6. The van der Waals surface area contributed by atoms with Crippen molar-refractivity contribution in [2.24, 2.45) is 0 Å². The first-order valence-corrected chi connectivity index (χ1v) is 8.44. The van der Waals surface area contributed by atoms with Crippen molar-refractivity contribution in [2.45, 2.75) is 0 Å². The third-order valence-corrected chi connectivity index (χ3v) is 4.87. The Hall–Kier alpha value is -2.12. The molecular weight excluding hydrogens is 312 g/mol. The van der Waals surface area contributed by atoms with E-state index in [4.69, 9.17) is 0 Å². The smallest absolute Gasteiger partial charge is 0.242 e. The van der Waals surface area contributed by atoms with Crippen LogP contribution < -0.4 is 9.80 Å². The summed E-state index contributed by atoms with van der Waals surface area (Å²) in [6, 6.07) is 7.25. The number of amides is 1. The van der Waals surface area contributed by atoms with Crippen LogP contribution in [0.25, 0.3) is 0 Å². The lowest BCUT2D eigenvalue weighted by molar-refractivity contribution is -0.119. The molecule has 122 valence electrons. The maximum atomic E-state index is 12.3. The number of carbonyl (C=O) groups excluding carboxylic acids is 1. The second kappa shape index (κ2) is 6.97. The first-order valence-electron chi connectivity index (χ1n) is 7.56. The Kier molecular flexibility index (Phi) is 4.78. The number of phenolic OH excluding ortho intramolecular Hbond substituents is 1. The molecule has 1 N–H and O–H groups in total. The molecule has 6 nitrogen and oxygen atoms in total. The molecule has 23 heavy (non-hydrogen) atoms. The summed E-state index contributed by atoms with van der Waals surface area (Å²) in [7, 11) is 1.77. The standard InChI is InChI=1S/C16H20N4O2S/c1-18(16-17-6-11-23-16)15(22)12-19-7-9-20(10-8-19)13-2-4-14(21)5-3-13/h2-6,11,21H,7-10,12H2,1H3. The van der Waals surface area contributed by atoms with E-state index in [0.717, 1.165) is 37.0 Å². The number of aromatic hydroxyl groups is 1. The minimum absolute atomic E-state index is 0.0676. The molecule has 0 bridgehead atoms. The second-order valence-electron chi connectivity index (χ2n) is 5.55. The summed E-state index contributed by atoms with van der Waals surface area (Å²) in [6.45, 7) is 3.86. The van der Waals surface area contributed by atoms with Crippen molar-refractivity contribution in [2.75, 3.05) is 49.6 Å². The van der Waals surface area contributed by atoms with Crippen LogP contribution in [0, 0.1) is 0 Å². The fourth-order valence-electron chi connectivity index (χ4n) is 2.61. The molecule has 1 aliphatic rings. The van der Waals surface area contributed by atoms with Gasteiger partial charge in [0.2, 0.25) is 5.91 Å². The summed E-state index contributed by atoms with van der Waals surface area (Å²) < 4.78 is 0. The van der Waals surface area contributed by atoms with E-state index in [0.29, 0.717) is 6.54 Å². The number of rotatable bonds is 4. The van der Waals surface area contributed by atoms with Crippen LogP contribution in [0.1, 0.15) is 0 Å². The van der Waals surface area contributed by atoms with Crippen LogP contribution in [0.15, 0.2) is 35.8 Å². The van der Waals surface area contributed by atoms with Crippen LogP contribution >= 0.6 is 11.3 Å². The quantitative estimate of drug-likeness (QED) is 0.922. The molecule has 0 unspecified atom stereocenters. The topological polar surface area (TPSA) is 59.9 Å². The molecule has 1 amide bonds. The minimum atomic E-state index is 0.0676. The number of anilines is 2. The lowest BCUT2D eigenvalue weighted by Gasteiger charge is -2.36. The number of carbonyl (C=O) groups is 1. The van der Waals surface area contributed by atoms with Crippen molar-refractivity contribution in [1.82, 2.24) is 9.88 Å². The fourth-order valence-corrected chi connectivity index (χ4v) is 3.24. The Bertz CT molecular complexity index is 637. The molecule has 0 saturated carbocycles. The van der Waals surface area contributed by atoms with Crippen molar-refractivity contribution in [3.05, 3.63) is 35.8 Å². The first-order chi connectivity index (χ1) is 11.1. The van der Waals surface area contributed by atoms with Crippen molar-refractivity contribution in [3.63, 3.8) is 0 Å². The van der Waals surface area contributed by atoms with Crippen LogP contribution in [0.2, 0.25) is 0 Å². The van der Waals surface area contributed by atoms with Gasteiger partial charge in [-0.2, -0.15) is 0 Å². The van der Waals surface area contributed by atoms with Gasteiger partial charge < -0.3 is 10.0 Å². The Labute approximate surface area is 139 Å². The third kappa shape index (κ3) is 3.80. The molecular formula is C16H20N4O2S. The zero-order valence-corrected chi connectivity index (χ0v) is 13.9. The molecule has 0 radical (unpaired) electrons. The van der Waals surface area contributed by atoms with Gasteiger partial charge in [0.25, 0.3) is 0 Å². The van der Waals surface area contributed by atoms with Crippen molar-refractivity contribution >= 4 is 28.1 Å². The van der Waals surface area contributed by atoms with E-state index in [1.165, 1.54) is 11.3 Å². The molecule has 2 aromatic rings. The highest BCUT2D eigenvalue weighted by molar-refractivity contribution is 7.13. The number of aromatic nitrogens is 1. The Morgan fingerprint density at radius 2 is 1.96 bits per heavy atom. The zero-order chi connectivity index (χ0) is 16.2. The minimum Gasteiger partial charge on any atom is -0.508 e. The van der Waals surface area contributed by atoms with Gasteiger partial charge in [0.05, 0.1) is 6.54 Å². The summed E-state index contributed by atoms with van der Waals surface area (Å²) in [4.78, 5) is 22.5. The van der Waals surface area contributed by atoms with Gasteiger partial charge >= 0.3 is 0 Å². The van der Waals surface area contributed by atoms with Crippen LogP contribution in [0.3, 0.4) is 0 Å². The Morgan fingerprint density at radius 1 is 1.26 bits per heavy atom. The fraction of sp³-hybridized carbons (Fsp3) is 0.375. The zero-order valence-electron chi connectivity index (χ0n) is 13.1. The number of hydrogen-bond donors (Lipinski definition) is 1. The molecule has 7 heteroatoms. The number of thiazole rings is 1. The van der Waals surface area contributed by atoms with E-state index in [1.807, 2.05) is 17.5 Å². The maximum absolute atomic E-state index is 12.3. The number of likely N-dealkylation sites (N-methyl/N-ethyl adjacent to an activating group) is 1. The third-order valence-electron chi connectivity index (χ3n) is 4.03. The molecule has 3 rings (SSSR count). The average Bonchev–Trinajstić information content (AvgIpc) is 3.10. The number of phenols is 1. The predicted molar refractivity (Wildman–Crippen MR) is 92.3 cm³/mol. The second-order valence-corrected chi connectivity index (χ2v) is 6.42. The predicted octanol–water partition coefficient (Wildman–Crippen LogP) is 1.63. The van der Waals surface area contributed by atoms with Crippen molar-refractivity contribution in [3.8, 4) is 5.75 Å². The number of piperazine rings is 1. The highest BCUT2D eigenvalue weighted by Crippen LogP contribution is 2.20. The first kappa shape index (κ1) is 15.8. The molecule has 1 aromatic heterocycles. The van der Waals surface area contributed by atoms with Crippen LogP contribution in [-0.4, -0.2) is 60.7 Å². The van der Waals surface area contributed by atoms with Gasteiger partial charge in [-0.1, -0.05) is 0 Å². The van der Waals surface area contributed by atoms with E-state index >= 15 is 0 Å². The number of benzene rings is 1. The highest BCUT2D eigenvalue weighted by atomic mass is 32.1. The van der Waals surface area contributed by atoms with Gasteiger partial charge in [0, 0.05) is 50.5 Å². The van der Waals surface area contributed by atoms with Crippen molar-refractivity contribution in [1.29, 1.82) is 0 Å². The van der Waals surface area contributed by atoms with Gasteiger partial charge in [0.1, 0.15) is 5.75 Å². The summed E-state index contributed by atoms with van der Waals surface area (Å²) in [5.74, 6) is 0.348. The van der Waals surface area contributed by atoms with Crippen LogP contribution in [-0.2, 0) is 4.79 Å². The maximum Gasteiger partial charge on any atom is 0.242 e. The average molecular weight is 332 g/mol. The lowest BCUT2D eigenvalue weighted by atomic mass is 10.2. The monoisotopic (exact) mass is 332 g/mol. The lowest BCUT2D eigenvalue weighted by Crippen LogP contribution is -2.49. The van der Waals surface area contributed by atoms with E-state index < -0.39 is 0 Å². The van der Waals surface area contributed by atoms with E-state index in [-0.39, 0.29) is 11.7 Å². The van der Waals surface area contributed by atoms with Gasteiger partial charge in [-0.15, -0.1) is 11.3 Å². The molecule has 2 heterocycles. The molecule has 1 fully saturated rings. The summed E-state index contributed by atoms with van der Waals surface area (Å²) >= 11 is 1.47. The summed E-state index contributed by atoms with van der Waals surface area (Å²) in [6.07, 6.45) is 1.71. The molecule has 0 aliphatic carbocycles. The molecule has 1 saturated heterocycles. The highest BCUT2D eigenvalue weighted by Gasteiger charge is 2.21. The molecule has 1 aliphatic heterocycles. The number of nitrogens with zero attached hydrogens (tertiary/aromatic N) is 4. The SMILES string of the molecule is CN(C(=O)CN1CCN(c2ccc(O)cc2)CC1)c1nccs1. The van der Waals surface area contributed by atoms with Crippen LogP contribution in [0.4, 0.5) is 10.8 Å². The van der Waals surface area contributed by atoms with E-state index in [1.54, 1.807) is 30.3 Å². The molecule has 0 atom stereocenters. The van der Waals surface area contributed by atoms with Gasteiger partial charge in [0.15, 0.2) is 5.13 Å². The normalized spacial score (nSPS) is 15.6. The Balaban J connectivity index is 1.51. The van der Waals surface area contributed by atoms with Crippen LogP contribution in [0.5, 0.6) is 5.75 Å². The summed E-state index contributed by atoms with van der Waals surface area (Å²) in [5.41, 5.74) is 1.11. The molecule has 1 aromatic carbocycles. The van der Waals surface area contributed by atoms with Crippen molar-refractivity contribution < 1.29 is 9.90 Å². The largest absolute Gasteiger partial charge is 0.508 e.